The fourth-order valence-corrected chi connectivity index (χ4v) is 2.44. The van der Waals surface area contributed by atoms with Crippen LogP contribution in [0.3, 0.4) is 0 Å². The first-order valence-corrected chi connectivity index (χ1v) is 6.08. The second-order valence-electron chi connectivity index (χ2n) is 4.57. The Balaban J connectivity index is 1.93. The summed E-state index contributed by atoms with van der Waals surface area (Å²) < 4.78 is 37.6. The number of anilines is 2. The lowest BCUT2D eigenvalue weighted by molar-refractivity contribution is -0.137. The molecule has 3 rings (SSSR count). The second kappa shape index (κ2) is 4.30. The van der Waals surface area contributed by atoms with Crippen molar-refractivity contribution in [1.82, 2.24) is 0 Å². The number of nitrogens with zero attached hydrogens (tertiary/aromatic N) is 1. The van der Waals surface area contributed by atoms with Crippen molar-refractivity contribution in [2.45, 2.75) is 12.6 Å². The van der Waals surface area contributed by atoms with Gasteiger partial charge in [-0.25, -0.2) is 0 Å². The fraction of sp³-hybridized carbons (Fsp3) is 0.200. The molecule has 0 bridgehead atoms. The number of hydrogen-bond acceptors (Lipinski definition) is 1. The summed E-state index contributed by atoms with van der Waals surface area (Å²) in [5, 5.41) is 0. The van der Waals surface area contributed by atoms with Gasteiger partial charge in [-0.3, -0.25) is 0 Å². The predicted molar refractivity (Wildman–Crippen MR) is 68.6 cm³/mol. The van der Waals surface area contributed by atoms with Gasteiger partial charge in [-0.2, -0.15) is 13.2 Å². The molecule has 2 aromatic carbocycles. The Morgan fingerprint density at radius 1 is 0.895 bits per heavy atom. The molecule has 1 aliphatic rings. The molecule has 1 aliphatic heterocycles. The van der Waals surface area contributed by atoms with Crippen molar-refractivity contribution in [3.63, 3.8) is 0 Å². The average molecular weight is 263 g/mol. The number of fused-ring (bicyclic) bond motifs is 1. The van der Waals surface area contributed by atoms with Gasteiger partial charge in [-0.1, -0.05) is 18.2 Å². The monoisotopic (exact) mass is 263 g/mol. The Hall–Kier alpha value is -1.97. The molecule has 1 nitrogen and oxygen atoms in total. The number of benzene rings is 2. The van der Waals surface area contributed by atoms with Gasteiger partial charge in [-0.15, -0.1) is 0 Å². The smallest absolute Gasteiger partial charge is 0.341 e. The summed E-state index contributed by atoms with van der Waals surface area (Å²) in [5.41, 5.74) is 2.52. The number of para-hydroxylation sites is 1. The largest absolute Gasteiger partial charge is 0.416 e. The molecule has 0 N–H and O–H groups in total. The Labute approximate surface area is 109 Å². The molecule has 0 unspecified atom stereocenters. The summed E-state index contributed by atoms with van der Waals surface area (Å²) in [6.07, 6.45) is -3.35. The van der Waals surface area contributed by atoms with Crippen LogP contribution >= 0.6 is 0 Å². The van der Waals surface area contributed by atoms with Crippen LogP contribution < -0.4 is 4.90 Å². The maximum atomic E-state index is 12.5. The minimum Gasteiger partial charge on any atom is -0.341 e. The van der Waals surface area contributed by atoms with Crippen molar-refractivity contribution < 1.29 is 13.2 Å². The molecule has 0 atom stereocenters. The van der Waals surface area contributed by atoms with E-state index < -0.39 is 11.7 Å². The van der Waals surface area contributed by atoms with E-state index in [4.69, 9.17) is 0 Å². The van der Waals surface area contributed by atoms with E-state index in [1.54, 1.807) is 0 Å². The zero-order chi connectivity index (χ0) is 13.5. The van der Waals surface area contributed by atoms with Gasteiger partial charge in [0.25, 0.3) is 0 Å². The summed E-state index contributed by atoms with van der Waals surface area (Å²) in [6, 6.07) is 13.3. The first-order chi connectivity index (χ1) is 9.05. The molecular formula is C15H12F3N. The highest BCUT2D eigenvalue weighted by Crippen LogP contribution is 2.36. The van der Waals surface area contributed by atoms with Gasteiger partial charge in [0, 0.05) is 17.9 Å². The van der Waals surface area contributed by atoms with E-state index in [0.29, 0.717) is 0 Å². The van der Waals surface area contributed by atoms with Gasteiger partial charge in [0.15, 0.2) is 0 Å². The Morgan fingerprint density at radius 2 is 1.58 bits per heavy atom. The maximum absolute atomic E-state index is 12.5. The molecule has 0 aliphatic carbocycles. The quantitative estimate of drug-likeness (QED) is 0.737. The summed E-state index contributed by atoms with van der Waals surface area (Å²) >= 11 is 0. The van der Waals surface area contributed by atoms with Crippen molar-refractivity contribution in [3.8, 4) is 0 Å². The maximum Gasteiger partial charge on any atom is 0.416 e. The van der Waals surface area contributed by atoms with Crippen LogP contribution in [0.2, 0.25) is 0 Å². The predicted octanol–water partition coefficient (Wildman–Crippen LogP) is 4.40. The van der Waals surface area contributed by atoms with E-state index in [9.17, 15) is 13.2 Å². The molecule has 19 heavy (non-hydrogen) atoms. The van der Waals surface area contributed by atoms with Gasteiger partial charge >= 0.3 is 6.18 Å². The van der Waals surface area contributed by atoms with Crippen molar-refractivity contribution in [2.24, 2.45) is 0 Å². The van der Waals surface area contributed by atoms with Crippen LogP contribution in [0.5, 0.6) is 0 Å². The van der Waals surface area contributed by atoms with E-state index in [1.807, 2.05) is 18.2 Å². The Morgan fingerprint density at radius 3 is 2.26 bits per heavy atom. The molecule has 0 fully saturated rings. The Bertz CT molecular complexity index is 587. The highest BCUT2D eigenvalue weighted by atomic mass is 19.4. The SMILES string of the molecule is FC(F)(F)c1ccc(N2CCc3ccccc32)cc1. The van der Waals surface area contributed by atoms with Crippen LogP contribution in [0.1, 0.15) is 11.1 Å². The molecule has 0 radical (unpaired) electrons. The highest BCUT2D eigenvalue weighted by molar-refractivity contribution is 5.69. The molecule has 2 aromatic rings. The van der Waals surface area contributed by atoms with Crippen LogP contribution in [0, 0.1) is 0 Å². The third-order valence-corrected chi connectivity index (χ3v) is 3.39. The van der Waals surface area contributed by atoms with Gasteiger partial charge in [0.05, 0.1) is 5.56 Å². The van der Waals surface area contributed by atoms with Crippen molar-refractivity contribution in [2.75, 3.05) is 11.4 Å². The average Bonchev–Trinajstić information content (AvgIpc) is 2.82. The van der Waals surface area contributed by atoms with Crippen LogP contribution in [0.4, 0.5) is 24.5 Å². The molecule has 0 aromatic heterocycles. The molecular weight excluding hydrogens is 251 g/mol. The molecule has 0 amide bonds. The van der Waals surface area contributed by atoms with Gasteiger partial charge in [0.2, 0.25) is 0 Å². The molecule has 0 saturated carbocycles. The third-order valence-electron chi connectivity index (χ3n) is 3.39. The third kappa shape index (κ3) is 2.18. The number of halogens is 3. The minimum atomic E-state index is -4.28. The Kier molecular flexibility index (Phi) is 2.73. The van der Waals surface area contributed by atoms with E-state index in [-0.39, 0.29) is 0 Å². The summed E-state index contributed by atoms with van der Waals surface area (Å²) in [7, 11) is 0. The number of rotatable bonds is 1. The van der Waals surface area contributed by atoms with Gasteiger partial charge in [0.1, 0.15) is 0 Å². The summed E-state index contributed by atoms with van der Waals surface area (Å²) in [4.78, 5) is 2.05. The topological polar surface area (TPSA) is 3.24 Å². The van der Waals surface area contributed by atoms with Crippen molar-refractivity contribution in [1.29, 1.82) is 0 Å². The van der Waals surface area contributed by atoms with Crippen LogP contribution in [-0.4, -0.2) is 6.54 Å². The number of alkyl halides is 3. The lowest BCUT2D eigenvalue weighted by Gasteiger charge is -2.20. The first-order valence-electron chi connectivity index (χ1n) is 6.08. The number of hydrogen-bond donors (Lipinski definition) is 0. The highest BCUT2D eigenvalue weighted by Gasteiger charge is 2.30. The second-order valence-corrected chi connectivity index (χ2v) is 4.57. The molecule has 1 heterocycles. The van der Waals surface area contributed by atoms with Crippen molar-refractivity contribution >= 4 is 11.4 Å². The molecule has 0 saturated heterocycles. The zero-order valence-electron chi connectivity index (χ0n) is 10.1. The van der Waals surface area contributed by atoms with Crippen LogP contribution in [-0.2, 0) is 12.6 Å². The lowest BCUT2D eigenvalue weighted by atomic mass is 10.1. The first kappa shape index (κ1) is 12.1. The normalized spacial score (nSPS) is 14.6. The minimum absolute atomic E-state index is 0.608. The molecule has 0 spiro atoms. The van der Waals surface area contributed by atoms with Gasteiger partial charge in [-0.05, 0) is 42.3 Å². The molecule has 98 valence electrons. The van der Waals surface area contributed by atoms with Crippen molar-refractivity contribution in [3.05, 3.63) is 59.7 Å². The fourth-order valence-electron chi connectivity index (χ4n) is 2.44. The van der Waals surface area contributed by atoms with Crippen LogP contribution in [0.25, 0.3) is 0 Å². The lowest BCUT2D eigenvalue weighted by Crippen LogP contribution is -2.13. The van der Waals surface area contributed by atoms with Gasteiger partial charge < -0.3 is 4.90 Å². The van der Waals surface area contributed by atoms with E-state index in [2.05, 4.69) is 11.0 Å². The van der Waals surface area contributed by atoms with E-state index in [0.717, 1.165) is 36.5 Å². The van der Waals surface area contributed by atoms with E-state index in [1.165, 1.54) is 17.7 Å². The van der Waals surface area contributed by atoms with Crippen LogP contribution in [0.15, 0.2) is 48.5 Å². The molecule has 4 heteroatoms. The van der Waals surface area contributed by atoms with E-state index >= 15 is 0 Å². The summed E-state index contributed by atoms with van der Waals surface area (Å²) in [6.45, 7) is 0.810. The standard InChI is InChI=1S/C15H12F3N/c16-15(17,18)12-5-7-13(8-6-12)19-10-9-11-3-1-2-4-14(11)19/h1-8H,9-10H2. The zero-order valence-corrected chi connectivity index (χ0v) is 10.1. The summed E-state index contributed by atoms with van der Waals surface area (Å²) in [5.74, 6) is 0.